The monoisotopic (exact) mass is 263 g/mol. The summed E-state index contributed by atoms with van der Waals surface area (Å²) in [5, 5.41) is 10.9. The minimum absolute atomic E-state index is 0.0904. The van der Waals surface area contributed by atoms with Crippen molar-refractivity contribution >= 4 is 5.69 Å². The number of fused-ring (bicyclic) bond motifs is 3. The molecule has 0 aliphatic carbocycles. The third-order valence-electron chi connectivity index (χ3n) is 4.10. The number of nitrogens with zero attached hydrogens (tertiary/aromatic N) is 1. The molecular weight excluding hydrogens is 246 g/mol. The summed E-state index contributed by atoms with van der Waals surface area (Å²) in [6.07, 6.45) is 1.95. The Morgan fingerprint density at radius 3 is 2.95 bits per heavy atom. The Balaban J connectivity index is 2.08. The molecule has 3 rings (SSSR count). The van der Waals surface area contributed by atoms with Crippen molar-refractivity contribution in [1.29, 1.82) is 0 Å². The number of nitro groups is 1. The van der Waals surface area contributed by atoms with Gasteiger partial charge >= 0.3 is 0 Å². The summed E-state index contributed by atoms with van der Waals surface area (Å²) in [6.45, 7) is 4.83. The van der Waals surface area contributed by atoms with Crippen LogP contribution in [0.25, 0.3) is 0 Å². The first-order valence-electron chi connectivity index (χ1n) is 6.58. The molecular formula is C14H17NO4. The van der Waals surface area contributed by atoms with Gasteiger partial charge in [-0.25, -0.2) is 0 Å². The van der Waals surface area contributed by atoms with Crippen LogP contribution in [0, 0.1) is 16.0 Å². The molecule has 1 aromatic rings. The summed E-state index contributed by atoms with van der Waals surface area (Å²) in [5.74, 6) is 0.953. The number of hydrogen-bond acceptors (Lipinski definition) is 4. The first-order chi connectivity index (χ1) is 8.99. The second-order valence-electron chi connectivity index (χ2n) is 5.72. The van der Waals surface area contributed by atoms with E-state index in [1.54, 1.807) is 12.1 Å². The highest BCUT2D eigenvalue weighted by molar-refractivity contribution is 5.47. The second-order valence-corrected chi connectivity index (χ2v) is 5.72. The Morgan fingerprint density at radius 1 is 1.42 bits per heavy atom. The molecule has 1 saturated heterocycles. The van der Waals surface area contributed by atoms with Crippen molar-refractivity contribution in [2.45, 2.75) is 38.4 Å². The van der Waals surface area contributed by atoms with Gasteiger partial charge in [0.2, 0.25) is 0 Å². The summed E-state index contributed by atoms with van der Waals surface area (Å²) < 4.78 is 11.9. The molecule has 0 amide bonds. The van der Waals surface area contributed by atoms with Crippen LogP contribution in [0.5, 0.6) is 5.75 Å². The van der Waals surface area contributed by atoms with Gasteiger partial charge in [-0.05, 0) is 32.8 Å². The van der Waals surface area contributed by atoms with Crippen molar-refractivity contribution in [2.24, 2.45) is 5.92 Å². The van der Waals surface area contributed by atoms with Crippen LogP contribution in [0.2, 0.25) is 0 Å². The molecule has 0 N–H and O–H groups in total. The molecule has 2 heterocycles. The maximum Gasteiger partial charge on any atom is 0.270 e. The van der Waals surface area contributed by atoms with Crippen LogP contribution in [0.3, 0.4) is 0 Å². The minimum Gasteiger partial charge on any atom is -0.487 e. The molecule has 1 fully saturated rings. The van der Waals surface area contributed by atoms with Crippen LogP contribution < -0.4 is 4.74 Å². The quantitative estimate of drug-likeness (QED) is 0.576. The Labute approximate surface area is 111 Å². The highest BCUT2D eigenvalue weighted by atomic mass is 16.6. The van der Waals surface area contributed by atoms with Crippen LogP contribution in [-0.4, -0.2) is 17.1 Å². The van der Waals surface area contributed by atoms with E-state index in [0.29, 0.717) is 12.4 Å². The average molecular weight is 263 g/mol. The largest absolute Gasteiger partial charge is 0.487 e. The first kappa shape index (κ1) is 12.4. The standard InChI is InChI=1S/C14H17NO4/c1-14(2)11-4-3-7-18-13(11)10-8-9(15(16)17)5-6-12(10)19-14/h5-6,8,11,13H,3-4,7H2,1-2H3/t11-,13+/m0/s1. The molecule has 2 atom stereocenters. The number of nitro benzene ring substituents is 1. The fraction of sp³-hybridized carbons (Fsp3) is 0.571. The van der Waals surface area contributed by atoms with Crippen molar-refractivity contribution in [2.75, 3.05) is 6.61 Å². The Morgan fingerprint density at radius 2 is 2.21 bits per heavy atom. The Hall–Kier alpha value is -1.62. The van der Waals surface area contributed by atoms with Gasteiger partial charge in [0, 0.05) is 30.2 Å². The van der Waals surface area contributed by atoms with Crippen molar-refractivity contribution in [1.82, 2.24) is 0 Å². The lowest BCUT2D eigenvalue weighted by Gasteiger charge is -2.46. The topological polar surface area (TPSA) is 61.6 Å². The maximum atomic E-state index is 10.9. The molecule has 0 aromatic heterocycles. The van der Waals surface area contributed by atoms with Crippen LogP contribution in [0.1, 0.15) is 38.4 Å². The van der Waals surface area contributed by atoms with Crippen molar-refractivity contribution in [3.8, 4) is 5.75 Å². The van der Waals surface area contributed by atoms with E-state index in [9.17, 15) is 10.1 Å². The molecule has 5 heteroatoms. The smallest absolute Gasteiger partial charge is 0.270 e. The van der Waals surface area contributed by atoms with Gasteiger partial charge < -0.3 is 9.47 Å². The SMILES string of the molecule is CC1(C)Oc2ccc([N+](=O)[O-])cc2[C@H]2OCCC[C@@H]21. The fourth-order valence-electron chi connectivity index (χ4n) is 3.12. The van der Waals surface area contributed by atoms with Crippen molar-refractivity contribution < 1.29 is 14.4 Å². The molecule has 0 radical (unpaired) electrons. The van der Waals surface area contributed by atoms with E-state index in [0.717, 1.165) is 18.4 Å². The molecule has 0 saturated carbocycles. The van der Waals surface area contributed by atoms with Gasteiger partial charge in [0.1, 0.15) is 11.4 Å². The molecule has 2 aliphatic heterocycles. The predicted molar refractivity (Wildman–Crippen MR) is 69.2 cm³/mol. The zero-order chi connectivity index (χ0) is 13.6. The number of ether oxygens (including phenoxy) is 2. The van der Waals surface area contributed by atoms with E-state index in [-0.39, 0.29) is 28.2 Å². The zero-order valence-corrected chi connectivity index (χ0v) is 11.1. The van der Waals surface area contributed by atoms with Gasteiger partial charge in [0.15, 0.2) is 0 Å². The fourth-order valence-corrected chi connectivity index (χ4v) is 3.12. The Bertz CT molecular complexity index is 526. The summed E-state index contributed by atoms with van der Waals surface area (Å²) >= 11 is 0. The maximum absolute atomic E-state index is 10.9. The van der Waals surface area contributed by atoms with E-state index >= 15 is 0 Å². The predicted octanol–water partition coefficient (Wildman–Crippen LogP) is 3.23. The normalized spacial score (nSPS) is 27.9. The van der Waals surface area contributed by atoms with Crippen LogP contribution in [0.4, 0.5) is 5.69 Å². The number of benzene rings is 1. The van der Waals surface area contributed by atoms with Gasteiger partial charge in [-0.1, -0.05) is 0 Å². The van der Waals surface area contributed by atoms with E-state index in [1.165, 1.54) is 6.07 Å². The summed E-state index contributed by atoms with van der Waals surface area (Å²) in [4.78, 5) is 10.5. The third-order valence-corrected chi connectivity index (χ3v) is 4.10. The molecule has 102 valence electrons. The molecule has 19 heavy (non-hydrogen) atoms. The van der Waals surface area contributed by atoms with E-state index in [4.69, 9.17) is 9.47 Å². The third kappa shape index (κ3) is 1.98. The molecule has 1 aromatic carbocycles. The van der Waals surface area contributed by atoms with Gasteiger partial charge in [0.25, 0.3) is 5.69 Å². The molecule has 0 spiro atoms. The lowest BCUT2D eigenvalue weighted by molar-refractivity contribution is -0.385. The summed E-state index contributed by atoms with van der Waals surface area (Å²) in [5.41, 5.74) is 0.613. The van der Waals surface area contributed by atoms with E-state index in [1.807, 2.05) is 0 Å². The van der Waals surface area contributed by atoms with Crippen molar-refractivity contribution in [3.63, 3.8) is 0 Å². The second kappa shape index (κ2) is 4.20. The molecule has 0 bridgehead atoms. The molecule has 2 aliphatic rings. The molecule has 5 nitrogen and oxygen atoms in total. The molecule has 0 unspecified atom stereocenters. The van der Waals surface area contributed by atoms with Gasteiger partial charge in [-0.15, -0.1) is 0 Å². The highest BCUT2D eigenvalue weighted by Crippen LogP contribution is 2.49. The number of non-ortho nitro benzene ring substituents is 1. The zero-order valence-electron chi connectivity index (χ0n) is 11.1. The average Bonchev–Trinajstić information content (AvgIpc) is 2.38. The summed E-state index contributed by atoms with van der Waals surface area (Å²) in [6, 6.07) is 4.76. The van der Waals surface area contributed by atoms with Crippen LogP contribution in [0.15, 0.2) is 18.2 Å². The van der Waals surface area contributed by atoms with Crippen LogP contribution in [-0.2, 0) is 4.74 Å². The van der Waals surface area contributed by atoms with Gasteiger partial charge in [-0.2, -0.15) is 0 Å². The number of rotatable bonds is 1. The summed E-state index contributed by atoms with van der Waals surface area (Å²) in [7, 11) is 0. The minimum atomic E-state index is -0.377. The van der Waals surface area contributed by atoms with Crippen molar-refractivity contribution in [3.05, 3.63) is 33.9 Å². The number of hydrogen-bond donors (Lipinski definition) is 0. The highest BCUT2D eigenvalue weighted by Gasteiger charge is 2.46. The van der Waals surface area contributed by atoms with Gasteiger partial charge in [-0.3, -0.25) is 10.1 Å². The Kier molecular flexibility index (Phi) is 2.74. The lowest BCUT2D eigenvalue weighted by atomic mass is 9.76. The van der Waals surface area contributed by atoms with E-state index in [2.05, 4.69) is 13.8 Å². The van der Waals surface area contributed by atoms with Gasteiger partial charge in [0.05, 0.1) is 11.0 Å². The lowest BCUT2D eigenvalue weighted by Crippen LogP contribution is -2.47. The first-order valence-corrected chi connectivity index (χ1v) is 6.58. The van der Waals surface area contributed by atoms with Crippen LogP contribution >= 0.6 is 0 Å². The van der Waals surface area contributed by atoms with E-state index < -0.39 is 0 Å².